The molecule has 1 aliphatic carbocycles. The van der Waals surface area contributed by atoms with Crippen molar-refractivity contribution in [1.29, 1.82) is 0 Å². The van der Waals surface area contributed by atoms with Crippen LogP contribution >= 0.6 is 0 Å². The van der Waals surface area contributed by atoms with Crippen LogP contribution in [0, 0.1) is 6.92 Å². The quantitative estimate of drug-likeness (QED) is 0.197. The maximum Gasteiger partial charge on any atom is 0.264 e. The zero-order valence-corrected chi connectivity index (χ0v) is 27.2. The average molecular weight is 640 g/mol. The number of ether oxygens (including phenoxy) is 1. The highest BCUT2D eigenvalue weighted by Crippen LogP contribution is 2.34. The highest BCUT2D eigenvalue weighted by molar-refractivity contribution is 7.92. The monoisotopic (exact) mass is 639 g/mol. The van der Waals surface area contributed by atoms with Crippen LogP contribution in [0.4, 0.5) is 5.69 Å². The fourth-order valence-corrected chi connectivity index (χ4v) is 7.37. The SMILES string of the molecule is COc1ccc(C)cc1N(CC(=O)N(Cc1ccccc1)C(Cc1ccccc1)C(=O)NC1CCCC1)S(=O)(=O)c1ccccc1. The van der Waals surface area contributed by atoms with Gasteiger partial charge >= 0.3 is 0 Å². The molecule has 240 valence electrons. The fraction of sp³-hybridized carbons (Fsp3) is 0.297. The minimum absolute atomic E-state index is 0.0424. The molecule has 0 bridgehead atoms. The predicted molar refractivity (Wildman–Crippen MR) is 180 cm³/mol. The van der Waals surface area contributed by atoms with Crippen molar-refractivity contribution in [3.05, 3.63) is 126 Å². The summed E-state index contributed by atoms with van der Waals surface area (Å²) >= 11 is 0. The van der Waals surface area contributed by atoms with Crippen LogP contribution in [0.3, 0.4) is 0 Å². The second kappa shape index (κ2) is 15.1. The van der Waals surface area contributed by atoms with E-state index in [1.165, 1.54) is 24.1 Å². The highest BCUT2D eigenvalue weighted by atomic mass is 32.2. The van der Waals surface area contributed by atoms with Crippen molar-refractivity contribution in [3.8, 4) is 5.75 Å². The Hall–Kier alpha value is -4.63. The van der Waals surface area contributed by atoms with Crippen molar-refractivity contribution in [3.63, 3.8) is 0 Å². The molecule has 1 N–H and O–H groups in total. The van der Waals surface area contributed by atoms with Crippen LogP contribution in [-0.4, -0.2) is 50.9 Å². The molecule has 1 fully saturated rings. The first kappa shape index (κ1) is 32.8. The van der Waals surface area contributed by atoms with E-state index in [2.05, 4.69) is 5.32 Å². The van der Waals surface area contributed by atoms with Gasteiger partial charge in [0.25, 0.3) is 10.0 Å². The van der Waals surface area contributed by atoms with Crippen LogP contribution in [0.2, 0.25) is 0 Å². The van der Waals surface area contributed by atoms with Crippen LogP contribution in [0.1, 0.15) is 42.4 Å². The Balaban J connectivity index is 1.59. The molecule has 9 heteroatoms. The Morgan fingerprint density at radius 2 is 1.43 bits per heavy atom. The normalized spacial score (nSPS) is 14.0. The van der Waals surface area contributed by atoms with Gasteiger partial charge in [-0.25, -0.2) is 8.42 Å². The summed E-state index contributed by atoms with van der Waals surface area (Å²) < 4.78 is 35.2. The number of hydrogen-bond acceptors (Lipinski definition) is 5. The number of amides is 2. The lowest BCUT2D eigenvalue weighted by Crippen LogP contribution is -2.54. The summed E-state index contributed by atoms with van der Waals surface area (Å²) in [6, 6.07) is 31.5. The summed E-state index contributed by atoms with van der Waals surface area (Å²) in [5.41, 5.74) is 2.77. The second-order valence-corrected chi connectivity index (χ2v) is 13.6. The fourth-order valence-electron chi connectivity index (χ4n) is 5.93. The Bertz CT molecular complexity index is 1710. The van der Waals surface area contributed by atoms with Gasteiger partial charge in [-0.2, -0.15) is 0 Å². The van der Waals surface area contributed by atoms with E-state index in [-0.39, 0.29) is 35.5 Å². The number of aryl methyl sites for hydroxylation is 1. The van der Waals surface area contributed by atoms with Gasteiger partial charge in [0.05, 0.1) is 17.7 Å². The van der Waals surface area contributed by atoms with E-state index in [9.17, 15) is 18.0 Å². The van der Waals surface area contributed by atoms with Gasteiger partial charge in [0, 0.05) is 19.0 Å². The van der Waals surface area contributed by atoms with E-state index >= 15 is 0 Å². The van der Waals surface area contributed by atoms with Gasteiger partial charge in [-0.15, -0.1) is 0 Å². The largest absolute Gasteiger partial charge is 0.495 e. The van der Waals surface area contributed by atoms with Crippen molar-refractivity contribution >= 4 is 27.5 Å². The average Bonchev–Trinajstić information content (AvgIpc) is 3.59. The van der Waals surface area contributed by atoms with Gasteiger partial charge in [0.1, 0.15) is 18.3 Å². The maximum atomic E-state index is 14.7. The number of methoxy groups -OCH3 is 1. The number of rotatable bonds is 13. The lowest BCUT2D eigenvalue weighted by Gasteiger charge is -2.34. The van der Waals surface area contributed by atoms with E-state index in [0.717, 1.165) is 46.7 Å². The highest BCUT2D eigenvalue weighted by Gasteiger charge is 2.36. The van der Waals surface area contributed by atoms with Crippen LogP contribution in [-0.2, 0) is 32.6 Å². The summed E-state index contributed by atoms with van der Waals surface area (Å²) in [7, 11) is -2.76. The third-order valence-electron chi connectivity index (χ3n) is 8.38. The molecule has 0 spiro atoms. The number of sulfonamides is 1. The topological polar surface area (TPSA) is 96.0 Å². The van der Waals surface area contributed by atoms with Crippen LogP contribution in [0.5, 0.6) is 5.75 Å². The molecule has 8 nitrogen and oxygen atoms in total. The molecule has 1 aliphatic rings. The molecule has 4 aromatic rings. The number of hydrogen-bond donors (Lipinski definition) is 1. The third-order valence-corrected chi connectivity index (χ3v) is 10.2. The zero-order chi connectivity index (χ0) is 32.5. The molecule has 2 amide bonds. The summed E-state index contributed by atoms with van der Waals surface area (Å²) in [5.74, 6) is -0.438. The molecule has 4 aromatic carbocycles. The molecule has 1 unspecified atom stereocenters. The Labute approximate surface area is 272 Å². The van der Waals surface area contributed by atoms with E-state index in [1.807, 2.05) is 73.7 Å². The summed E-state index contributed by atoms with van der Waals surface area (Å²) in [4.78, 5) is 30.3. The standard InChI is InChI=1S/C37H41N3O5S/c1-28-22-23-35(45-2)33(24-28)40(46(43,44)32-20-10-5-11-21-32)27-36(41)39(26-30-16-8-4-9-17-30)34(25-29-14-6-3-7-15-29)37(42)38-31-18-12-13-19-31/h3-11,14-17,20-24,31,34H,12-13,18-19,25-27H2,1-2H3,(H,38,42). The smallest absolute Gasteiger partial charge is 0.264 e. The first-order valence-electron chi connectivity index (χ1n) is 15.7. The van der Waals surface area contributed by atoms with Crippen LogP contribution < -0.4 is 14.4 Å². The number of anilines is 1. The molecule has 46 heavy (non-hydrogen) atoms. The zero-order valence-electron chi connectivity index (χ0n) is 26.3. The van der Waals surface area contributed by atoms with E-state index < -0.39 is 28.5 Å². The van der Waals surface area contributed by atoms with E-state index in [1.54, 1.807) is 30.3 Å². The summed E-state index contributed by atoms with van der Waals surface area (Å²) in [5, 5.41) is 3.20. The lowest BCUT2D eigenvalue weighted by molar-refractivity contribution is -0.140. The van der Waals surface area contributed by atoms with Gasteiger partial charge in [-0.05, 0) is 60.7 Å². The molecular formula is C37H41N3O5S. The molecule has 0 aromatic heterocycles. The summed E-state index contributed by atoms with van der Waals surface area (Å²) in [6.07, 6.45) is 4.16. The van der Waals surface area contributed by atoms with Gasteiger partial charge in [-0.3, -0.25) is 13.9 Å². The first-order valence-corrected chi connectivity index (χ1v) is 17.1. The minimum atomic E-state index is -4.22. The molecule has 0 heterocycles. The molecule has 1 saturated carbocycles. The molecule has 0 saturated heterocycles. The van der Waals surface area contributed by atoms with E-state index in [0.29, 0.717) is 5.75 Å². The Morgan fingerprint density at radius 1 is 0.848 bits per heavy atom. The number of benzene rings is 4. The number of nitrogens with one attached hydrogen (secondary N) is 1. The number of carbonyl (C=O) groups excluding carboxylic acids is 2. The van der Waals surface area contributed by atoms with E-state index in [4.69, 9.17) is 4.74 Å². The van der Waals surface area contributed by atoms with Crippen molar-refractivity contribution in [1.82, 2.24) is 10.2 Å². The minimum Gasteiger partial charge on any atom is -0.495 e. The van der Waals surface area contributed by atoms with Crippen molar-refractivity contribution in [2.75, 3.05) is 18.0 Å². The molecule has 5 rings (SSSR count). The van der Waals surface area contributed by atoms with Crippen molar-refractivity contribution < 1.29 is 22.7 Å². The number of nitrogens with zero attached hydrogens (tertiary/aromatic N) is 2. The molecular weight excluding hydrogens is 598 g/mol. The van der Waals surface area contributed by atoms with Gasteiger partial charge in [0.15, 0.2) is 0 Å². The lowest BCUT2D eigenvalue weighted by atomic mass is 10.0. The number of carbonyl (C=O) groups is 2. The van der Waals surface area contributed by atoms with Gasteiger partial charge < -0.3 is 15.0 Å². The Kier molecular flexibility index (Phi) is 10.8. The molecule has 1 atom stereocenters. The molecule has 0 radical (unpaired) electrons. The van der Waals surface area contributed by atoms with Crippen LogP contribution in [0.25, 0.3) is 0 Å². The first-order chi connectivity index (χ1) is 22.3. The van der Waals surface area contributed by atoms with Crippen molar-refractivity contribution in [2.45, 2.75) is 62.6 Å². The Morgan fingerprint density at radius 3 is 2.04 bits per heavy atom. The molecule has 0 aliphatic heterocycles. The summed E-state index contributed by atoms with van der Waals surface area (Å²) in [6.45, 7) is 1.44. The third kappa shape index (κ3) is 7.95. The van der Waals surface area contributed by atoms with Gasteiger partial charge in [-0.1, -0.05) is 97.8 Å². The van der Waals surface area contributed by atoms with Crippen molar-refractivity contribution in [2.24, 2.45) is 0 Å². The predicted octanol–water partition coefficient (Wildman–Crippen LogP) is 5.90. The van der Waals surface area contributed by atoms with Crippen LogP contribution in [0.15, 0.2) is 114 Å². The second-order valence-electron chi connectivity index (χ2n) is 11.7. The van der Waals surface area contributed by atoms with Gasteiger partial charge in [0.2, 0.25) is 11.8 Å². The maximum absolute atomic E-state index is 14.7.